The minimum absolute atomic E-state index is 0.00691. The summed E-state index contributed by atoms with van der Waals surface area (Å²) in [5, 5.41) is 0. The Morgan fingerprint density at radius 1 is 1.03 bits per heavy atom. The van der Waals surface area contributed by atoms with E-state index in [1.54, 1.807) is 48.5 Å². The summed E-state index contributed by atoms with van der Waals surface area (Å²) >= 11 is 0. The predicted octanol–water partition coefficient (Wildman–Crippen LogP) is 5.12. The number of rotatable bonds is 8. The molecule has 1 aliphatic carbocycles. The summed E-state index contributed by atoms with van der Waals surface area (Å²) in [4.78, 5) is 24.4. The first-order chi connectivity index (χ1) is 15.4. The molecule has 6 nitrogen and oxygen atoms in total. The van der Waals surface area contributed by atoms with Crippen molar-refractivity contribution in [2.24, 2.45) is 11.8 Å². The van der Waals surface area contributed by atoms with Crippen LogP contribution in [0.2, 0.25) is 0 Å². The van der Waals surface area contributed by atoms with E-state index in [-0.39, 0.29) is 18.5 Å². The van der Waals surface area contributed by atoms with Crippen LogP contribution in [-0.4, -0.2) is 11.9 Å². The maximum Gasteiger partial charge on any atom is 0.331 e. The van der Waals surface area contributed by atoms with Gasteiger partial charge in [0, 0.05) is 23.0 Å². The Labute approximate surface area is 189 Å². The van der Waals surface area contributed by atoms with Gasteiger partial charge in [0.15, 0.2) is 0 Å². The second-order valence-electron chi connectivity index (χ2n) is 8.40. The Morgan fingerprint density at radius 2 is 1.75 bits per heavy atom. The fourth-order valence-electron chi connectivity index (χ4n) is 4.05. The van der Waals surface area contributed by atoms with Crippen LogP contribution < -0.4 is 16.2 Å². The van der Waals surface area contributed by atoms with Gasteiger partial charge in [-0.25, -0.2) is 4.79 Å². The number of anilines is 2. The number of hydrogen-bond donors (Lipinski definition) is 2. The van der Waals surface area contributed by atoms with E-state index in [9.17, 15) is 9.59 Å². The van der Waals surface area contributed by atoms with Crippen LogP contribution in [0.3, 0.4) is 0 Å². The number of benzene rings is 2. The van der Waals surface area contributed by atoms with Crippen molar-refractivity contribution >= 4 is 29.4 Å². The molecule has 0 bridgehead atoms. The zero-order valence-corrected chi connectivity index (χ0v) is 18.6. The highest BCUT2D eigenvalue weighted by atomic mass is 16.5. The molecule has 0 amide bonds. The van der Waals surface area contributed by atoms with Crippen molar-refractivity contribution in [1.29, 1.82) is 0 Å². The number of nitrogens with two attached hydrogens (primary N) is 2. The van der Waals surface area contributed by atoms with Crippen molar-refractivity contribution in [2.75, 3.05) is 11.5 Å². The molecule has 0 saturated heterocycles. The number of carbonyl (C=O) groups excluding carboxylic acids is 2. The summed E-state index contributed by atoms with van der Waals surface area (Å²) in [7, 11) is 0. The van der Waals surface area contributed by atoms with Gasteiger partial charge in [-0.15, -0.1) is 0 Å². The average Bonchev–Trinajstić information content (AvgIpc) is 2.78. The third kappa shape index (κ3) is 6.87. The van der Waals surface area contributed by atoms with E-state index in [0.29, 0.717) is 22.7 Å². The van der Waals surface area contributed by atoms with Crippen LogP contribution >= 0.6 is 0 Å². The number of hydrogen-bond acceptors (Lipinski definition) is 6. The molecule has 1 saturated carbocycles. The van der Waals surface area contributed by atoms with Gasteiger partial charge >= 0.3 is 11.9 Å². The van der Waals surface area contributed by atoms with Gasteiger partial charge < -0.3 is 20.9 Å². The summed E-state index contributed by atoms with van der Waals surface area (Å²) in [5.41, 5.74) is 14.1. The SMILES string of the molecule is CCCC1CCC(C(=O)Oc2ccc(C=CC(=O)OCc3ccc(N)cc3N)cc2)CC1. The molecule has 6 heteroatoms. The molecule has 3 rings (SSSR count). The minimum Gasteiger partial charge on any atom is -0.458 e. The first-order valence-electron chi connectivity index (χ1n) is 11.2. The second-order valence-corrected chi connectivity index (χ2v) is 8.40. The number of carbonyl (C=O) groups is 2. The molecule has 1 aliphatic rings. The monoisotopic (exact) mass is 436 g/mol. The van der Waals surface area contributed by atoms with Crippen molar-refractivity contribution in [1.82, 2.24) is 0 Å². The van der Waals surface area contributed by atoms with E-state index in [1.165, 1.54) is 18.9 Å². The van der Waals surface area contributed by atoms with Crippen LogP contribution in [0.4, 0.5) is 11.4 Å². The normalized spacial score (nSPS) is 18.4. The van der Waals surface area contributed by atoms with Crippen LogP contribution in [0.25, 0.3) is 6.08 Å². The standard InChI is InChI=1S/C26H32N2O4/c1-2-3-18-4-9-20(10-5-18)26(30)32-23-13-6-19(7-14-23)8-15-25(29)31-17-21-11-12-22(27)16-24(21)28/h6-8,11-16,18,20H,2-5,9-10,17,27-28H2,1H3. The molecule has 2 aromatic rings. The van der Waals surface area contributed by atoms with Gasteiger partial charge in [0.1, 0.15) is 12.4 Å². The molecular formula is C26H32N2O4. The fourth-order valence-corrected chi connectivity index (χ4v) is 4.05. The van der Waals surface area contributed by atoms with Crippen LogP contribution in [0.1, 0.15) is 56.6 Å². The molecule has 170 valence electrons. The molecule has 0 unspecified atom stereocenters. The molecule has 4 N–H and O–H groups in total. The maximum atomic E-state index is 12.5. The van der Waals surface area contributed by atoms with E-state index in [1.807, 2.05) is 0 Å². The van der Waals surface area contributed by atoms with Crippen molar-refractivity contribution in [3.63, 3.8) is 0 Å². The van der Waals surface area contributed by atoms with Gasteiger partial charge in [0.2, 0.25) is 0 Å². The first kappa shape index (κ1) is 23.4. The molecule has 32 heavy (non-hydrogen) atoms. The Bertz CT molecular complexity index is 945. The summed E-state index contributed by atoms with van der Waals surface area (Å²) in [6.45, 7) is 2.28. The molecule has 0 aliphatic heterocycles. The molecule has 2 aromatic carbocycles. The van der Waals surface area contributed by atoms with Crippen molar-refractivity contribution < 1.29 is 19.1 Å². The molecule has 0 heterocycles. The lowest BCUT2D eigenvalue weighted by Gasteiger charge is -2.26. The highest BCUT2D eigenvalue weighted by molar-refractivity contribution is 5.87. The maximum absolute atomic E-state index is 12.5. The average molecular weight is 437 g/mol. The number of esters is 2. The van der Waals surface area contributed by atoms with Gasteiger partial charge in [0.05, 0.1) is 5.92 Å². The van der Waals surface area contributed by atoms with E-state index in [2.05, 4.69) is 6.92 Å². The second kappa shape index (κ2) is 11.4. The number of nitrogen functional groups attached to an aromatic ring is 2. The van der Waals surface area contributed by atoms with Crippen molar-refractivity contribution in [2.45, 2.75) is 52.1 Å². The highest BCUT2D eigenvalue weighted by Crippen LogP contribution is 2.32. The largest absolute Gasteiger partial charge is 0.458 e. The molecular weight excluding hydrogens is 404 g/mol. The fraction of sp³-hybridized carbons (Fsp3) is 0.385. The van der Waals surface area contributed by atoms with Crippen LogP contribution in [0, 0.1) is 11.8 Å². The third-order valence-corrected chi connectivity index (χ3v) is 5.93. The Balaban J connectivity index is 1.45. The molecule has 0 spiro atoms. The Kier molecular flexibility index (Phi) is 8.31. The summed E-state index contributed by atoms with van der Waals surface area (Å²) in [6.07, 6.45) is 9.49. The van der Waals surface area contributed by atoms with Crippen molar-refractivity contribution in [3.05, 3.63) is 59.7 Å². The van der Waals surface area contributed by atoms with Gasteiger partial charge in [-0.1, -0.05) is 38.0 Å². The smallest absolute Gasteiger partial charge is 0.331 e. The summed E-state index contributed by atoms with van der Waals surface area (Å²) < 4.78 is 10.8. The van der Waals surface area contributed by atoms with Crippen LogP contribution in [0.15, 0.2) is 48.5 Å². The Morgan fingerprint density at radius 3 is 2.41 bits per heavy atom. The van der Waals surface area contributed by atoms with Gasteiger partial charge in [-0.2, -0.15) is 0 Å². The van der Waals surface area contributed by atoms with Gasteiger partial charge in [-0.05, 0) is 67.5 Å². The van der Waals surface area contributed by atoms with E-state index in [4.69, 9.17) is 20.9 Å². The summed E-state index contributed by atoms with van der Waals surface area (Å²) in [5.74, 6) is 0.645. The topological polar surface area (TPSA) is 105 Å². The zero-order valence-electron chi connectivity index (χ0n) is 18.6. The van der Waals surface area contributed by atoms with Crippen molar-refractivity contribution in [3.8, 4) is 5.75 Å². The molecule has 0 aromatic heterocycles. The van der Waals surface area contributed by atoms with E-state index >= 15 is 0 Å². The predicted molar refractivity (Wildman–Crippen MR) is 127 cm³/mol. The number of ether oxygens (including phenoxy) is 2. The highest BCUT2D eigenvalue weighted by Gasteiger charge is 2.27. The van der Waals surface area contributed by atoms with E-state index < -0.39 is 5.97 Å². The zero-order chi connectivity index (χ0) is 22.9. The molecule has 1 fully saturated rings. The minimum atomic E-state index is -0.476. The lowest BCUT2D eigenvalue weighted by atomic mass is 9.80. The quantitative estimate of drug-likeness (QED) is 0.258. The lowest BCUT2D eigenvalue weighted by Crippen LogP contribution is -2.25. The van der Waals surface area contributed by atoms with Crippen LogP contribution in [0.5, 0.6) is 5.75 Å². The Hall–Kier alpha value is -3.28. The first-order valence-corrected chi connectivity index (χ1v) is 11.2. The molecule has 0 atom stereocenters. The third-order valence-electron chi connectivity index (χ3n) is 5.93. The van der Waals surface area contributed by atoms with Gasteiger partial charge in [-0.3, -0.25) is 4.79 Å². The van der Waals surface area contributed by atoms with E-state index in [0.717, 1.165) is 37.2 Å². The summed E-state index contributed by atoms with van der Waals surface area (Å²) in [6, 6.07) is 12.1. The van der Waals surface area contributed by atoms with Gasteiger partial charge in [0.25, 0.3) is 0 Å². The lowest BCUT2D eigenvalue weighted by molar-refractivity contribution is -0.140. The molecule has 0 radical (unpaired) electrons. The van der Waals surface area contributed by atoms with Crippen LogP contribution in [-0.2, 0) is 20.9 Å².